The van der Waals surface area contributed by atoms with Gasteiger partial charge in [-0.25, -0.2) is 0 Å². The van der Waals surface area contributed by atoms with Crippen LogP contribution < -0.4 is 5.43 Å². The van der Waals surface area contributed by atoms with Crippen molar-refractivity contribution in [3.8, 4) is 17.1 Å². The van der Waals surface area contributed by atoms with Gasteiger partial charge in [0.25, 0.3) is 0 Å². The van der Waals surface area contributed by atoms with Crippen LogP contribution in [-0.2, 0) is 4.79 Å². The molecule has 0 aliphatic carbocycles. The van der Waals surface area contributed by atoms with Crippen LogP contribution in [-0.4, -0.2) is 25.6 Å². The highest BCUT2D eigenvalue weighted by molar-refractivity contribution is 8.15. The molecule has 4 aromatic rings. The SMILES string of the molecule is CC(=O)/C(=N/Nc1ccccc1)Sc1nnc(-c2ccccc2)n1-c1ccccc1. The Balaban J connectivity index is 1.73. The number of carbonyl (C=O) groups is 1. The largest absolute Gasteiger partial charge is 0.292 e. The number of aromatic nitrogens is 3. The first-order valence-electron chi connectivity index (χ1n) is 9.36. The Bertz CT molecular complexity index is 1160. The summed E-state index contributed by atoms with van der Waals surface area (Å²) in [7, 11) is 0. The molecule has 0 saturated carbocycles. The van der Waals surface area contributed by atoms with Crippen LogP contribution in [0, 0.1) is 0 Å². The Morgan fingerprint density at radius 1 is 0.867 bits per heavy atom. The van der Waals surface area contributed by atoms with E-state index in [1.165, 1.54) is 18.7 Å². The van der Waals surface area contributed by atoms with Gasteiger partial charge in [-0.05, 0) is 36.0 Å². The van der Waals surface area contributed by atoms with Crippen molar-refractivity contribution >= 4 is 28.3 Å². The van der Waals surface area contributed by atoms with Crippen molar-refractivity contribution in [2.75, 3.05) is 5.43 Å². The minimum absolute atomic E-state index is 0.160. The molecular formula is C23H19N5OS. The molecule has 0 aliphatic heterocycles. The van der Waals surface area contributed by atoms with Crippen LogP contribution in [0.3, 0.4) is 0 Å². The maximum atomic E-state index is 12.2. The number of hydrazone groups is 1. The second-order valence-electron chi connectivity index (χ2n) is 6.40. The lowest BCUT2D eigenvalue weighted by molar-refractivity contribution is -0.110. The number of para-hydroxylation sites is 2. The first-order valence-corrected chi connectivity index (χ1v) is 10.2. The highest BCUT2D eigenvalue weighted by atomic mass is 32.2. The molecule has 7 heteroatoms. The zero-order chi connectivity index (χ0) is 20.8. The molecule has 0 amide bonds. The van der Waals surface area contributed by atoms with E-state index in [2.05, 4.69) is 20.7 Å². The fourth-order valence-electron chi connectivity index (χ4n) is 2.81. The molecule has 0 spiro atoms. The molecule has 0 radical (unpaired) electrons. The van der Waals surface area contributed by atoms with Gasteiger partial charge in [0, 0.05) is 18.2 Å². The van der Waals surface area contributed by atoms with Gasteiger partial charge in [0.15, 0.2) is 16.7 Å². The molecule has 0 aliphatic rings. The first-order chi connectivity index (χ1) is 14.7. The molecule has 30 heavy (non-hydrogen) atoms. The number of hydrogen-bond acceptors (Lipinski definition) is 6. The van der Waals surface area contributed by atoms with E-state index in [-0.39, 0.29) is 5.78 Å². The molecule has 148 valence electrons. The summed E-state index contributed by atoms with van der Waals surface area (Å²) in [6.07, 6.45) is 0. The Morgan fingerprint density at radius 3 is 2.10 bits per heavy atom. The maximum Gasteiger partial charge on any atom is 0.202 e. The Hall–Kier alpha value is -3.71. The number of nitrogens with one attached hydrogen (secondary N) is 1. The molecule has 4 rings (SSSR count). The van der Waals surface area contributed by atoms with Crippen molar-refractivity contribution in [3.05, 3.63) is 91.0 Å². The van der Waals surface area contributed by atoms with Gasteiger partial charge in [0.2, 0.25) is 5.16 Å². The molecule has 3 aromatic carbocycles. The molecule has 0 atom stereocenters. The van der Waals surface area contributed by atoms with Crippen LogP contribution in [0.5, 0.6) is 0 Å². The predicted octanol–water partition coefficient (Wildman–Crippen LogP) is 5.04. The van der Waals surface area contributed by atoms with E-state index >= 15 is 0 Å². The molecule has 0 bridgehead atoms. The number of carbonyl (C=O) groups excluding carboxylic acids is 1. The number of nitrogens with zero attached hydrogens (tertiary/aromatic N) is 4. The molecule has 1 heterocycles. The van der Waals surface area contributed by atoms with Gasteiger partial charge >= 0.3 is 0 Å². The molecule has 0 unspecified atom stereocenters. The standard InChI is InChI=1S/C23H19N5OS/c1-17(29)22(26-24-19-13-7-3-8-14-19)30-23-27-25-21(18-11-5-2-6-12-18)28(23)20-15-9-4-10-16-20/h2-16,24H,1H3/b26-22-. The van der Waals surface area contributed by atoms with Crippen LogP contribution in [0.2, 0.25) is 0 Å². The van der Waals surface area contributed by atoms with E-state index in [1.807, 2.05) is 95.6 Å². The third-order valence-electron chi connectivity index (χ3n) is 4.23. The van der Waals surface area contributed by atoms with Crippen molar-refractivity contribution < 1.29 is 4.79 Å². The zero-order valence-electron chi connectivity index (χ0n) is 16.3. The van der Waals surface area contributed by atoms with Crippen LogP contribution >= 0.6 is 11.8 Å². The fourth-order valence-corrected chi connectivity index (χ4v) is 3.58. The third-order valence-corrected chi connectivity index (χ3v) is 5.25. The lowest BCUT2D eigenvalue weighted by Gasteiger charge is -2.10. The molecule has 0 saturated heterocycles. The van der Waals surface area contributed by atoms with Gasteiger partial charge in [-0.2, -0.15) is 5.10 Å². The zero-order valence-corrected chi connectivity index (χ0v) is 17.1. The average Bonchev–Trinajstić information content (AvgIpc) is 3.22. The van der Waals surface area contributed by atoms with E-state index in [1.54, 1.807) is 0 Å². The van der Waals surface area contributed by atoms with Crippen molar-refractivity contribution in [3.63, 3.8) is 0 Å². The summed E-state index contributed by atoms with van der Waals surface area (Å²) in [5.74, 6) is 0.538. The van der Waals surface area contributed by atoms with Crippen LogP contribution in [0.15, 0.2) is 101 Å². The second kappa shape index (κ2) is 9.19. The highest BCUT2D eigenvalue weighted by Crippen LogP contribution is 2.28. The number of thioether (sulfide) groups is 1. The number of rotatable bonds is 6. The van der Waals surface area contributed by atoms with Crippen molar-refractivity contribution in [2.24, 2.45) is 5.10 Å². The van der Waals surface area contributed by atoms with E-state index in [0.717, 1.165) is 16.9 Å². The predicted molar refractivity (Wildman–Crippen MR) is 121 cm³/mol. The summed E-state index contributed by atoms with van der Waals surface area (Å²) in [5.41, 5.74) is 5.57. The first kappa shape index (κ1) is 19.6. The Kier molecular flexibility index (Phi) is 6.01. The average molecular weight is 414 g/mol. The van der Waals surface area contributed by atoms with Gasteiger partial charge in [-0.15, -0.1) is 10.2 Å². The van der Waals surface area contributed by atoms with Crippen LogP contribution in [0.4, 0.5) is 5.69 Å². The van der Waals surface area contributed by atoms with Gasteiger partial charge in [0.05, 0.1) is 5.69 Å². The summed E-state index contributed by atoms with van der Waals surface area (Å²) in [4.78, 5) is 12.2. The van der Waals surface area contributed by atoms with Crippen molar-refractivity contribution in [1.29, 1.82) is 0 Å². The molecule has 6 nitrogen and oxygen atoms in total. The minimum Gasteiger partial charge on any atom is -0.292 e. The summed E-state index contributed by atoms with van der Waals surface area (Å²) < 4.78 is 1.93. The lowest BCUT2D eigenvalue weighted by Crippen LogP contribution is -2.10. The summed E-state index contributed by atoms with van der Waals surface area (Å²) in [6.45, 7) is 1.49. The Labute approximate surface area is 178 Å². The number of anilines is 1. The fraction of sp³-hybridized carbons (Fsp3) is 0.0435. The molecule has 1 aromatic heterocycles. The topological polar surface area (TPSA) is 72.2 Å². The third kappa shape index (κ3) is 4.47. The van der Waals surface area contributed by atoms with Gasteiger partial charge in [-0.3, -0.25) is 14.8 Å². The van der Waals surface area contributed by atoms with E-state index < -0.39 is 0 Å². The summed E-state index contributed by atoms with van der Waals surface area (Å²) >= 11 is 1.18. The van der Waals surface area contributed by atoms with E-state index in [4.69, 9.17) is 0 Å². The number of Topliss-reactive ketones (excluding diaryl/α,β-unsaturated/α-hetero) is 1. The number of hydrogen-bond donors (Lipinski definition) is 1. The second-order valence-corrected chi connectivity index (χ2v) is 7.35. The number of ketones is 1. The highest BCUT2D eigenvalue weighted by Gasteiger charge is 2.20. The minimum atomic E-state index is -0.160. The normalized spacial score (nSPS) is 11.3. The monoisotopic (exact) mass is 413 g/mol. The van der Waals surface area contributed by atoms with Gasteiger partial charge in [-0.1, -0.05) is 66.7 Å². The molecule has 0 fully saturated rings. The van der Waals surface area contributed by atoms with Crippen molar-refractivity contribution in [2.45, 2.75) is 12.1 Å². The smallest absolute Gasteiger partial charge is 0.202 e. The summed E-state index contributed by atoms with van der Waals surface area (Å²) in [6, 6.07) is 29.1. The van der Waals surface area contributed by atoms with Gasteiger partial charge < -0.3 is 0 Å². The molecule has 1 N–H and O–H groups in total. The van der Waals surface area contributed by atoms with Gasteiger partial charge in [0.1, 0.15) is 0 Å². The van der Waals surface area contributed by atoms with Crippen LogP contribution in [0.25, 0.3) is 17.1 Å². The van der Waals surface area contributed by atoms with Crippen molar-refractivity contribution in [1.82, 2.24) is 14.8 Å². The lowest BCUT2D eigenvalue weighted by atomic mass is 10.2. The molecular weight excluding hydrogens is 394 g/mol. The maximum absolute atomic E-state index is 12.2. The number of benzene rings is 3. The van der Waals surface area contributed by atoms with Crippen LogP contribution in [0.1, 0.15) is 6.92 Å². The quantitative estimate of drug-likeness (QED) is 0.207. The Morgan fingerprint density at radius 2 is 1.47 bits per heavy atom. The summed E-state index contributed by atoms with van der Waals surface area (Å²) in [5, 5.41) is 13.9. The van der Waals surface area contributed by atoms with E-state index in [9.17, 15) is 4.79 Å². The van der Waals surface area contributed by atoms with E-state index in [0.29, 0.717) is 16.0 Å².